The lowest BCUT2D eigenvalue weighted by molar-refractivity contribution is -0.314. The van der Waals surface area contributed by atoms with Gasteiger partial charge in [0.1, 0.15) is 48.8 Å². The first-order valence-corrected chi connectivity index (χ1v) is 15.7. The van der Waals surface area contributed by atoms with Gasteiger partial charge in [0, 0.05) is 11.3 Å². The number of ether oxygens (including phenoxy) is 4. The van der Waals surface area contributed by atoms with Crippen molar-refractivity contribution in [2.24, 2.45) is 27.8 Å². The van der Waals surface area contributed by atoms with E-state index in [1.165, 1.54) is 0 Å². The lowest BCUT2D eigenvalue weighted by atomic mass is 9.58. The van der Waals surface area contributed by atoms with E-state index >= 15 is 0 Å². The van der Waals surface area contributed by atoms with E-state index < -0.39 is 122 Å². The molecule has 0 aliphatic carbocycles. The Morgan fingerprint density at radius 2 is 1.23 bits per heavy atom. The van der Waals surface area contributed by atoms with E-state index in [9.17, 15) is 40.9 Å². The molecule has 3 heterocycles. The molecular weight excluding hydrogens is 582 g/mol. The summed E-state index contributed by atoms with van der Waals surface area (Å²) in [5, 5.41) is 85.0. The second-order valence-corrected chi connectivity index (χ2v) is 12.4. The fraction of sp³-hybridized carbons (Fsp3) is 0.966. The first kappa shape index (κ1) is 37.6. The number of hydrogen-bond donors (Lipinski definition) is 10. The monoisotopic (exact) mass is 637 g/mol. The average Bonchev–Trinajstić information content (AvgIpc) is 3.04. The van der Waals surface area contributed by atoms with E-state index in [4.69, 9.17) is 30.4 Å². The van der Waals surface area contributed by atoms with Gasteiger partial charge in [-0.15, -0.1) is 0 Å². The molecule has 44 heavy (non-hydrogen) atoms. The molecule has 15 atom stereocenters. The minimum absolute atomic E-state index is 0.278. The van der Waals surface area contributed by atoms with Gasteiger partial charge in [-0.05, 0) is 32.4 Å². The highest BCUT2D eigenvalue weighted by Gasteiger charge is 2.63. The van der Waals surface area contributed by atoms with Crippen LogP contribution in [0.1, 0.15) is 53.4 Å². The van der Waals surface area contributed by atoms with Gasteiger partial charge in [-0.25, -0.2) is 0 Å². The van der Waals surface area contributed by atoms with Crippen molar-refractivity contribution in [1.82, 2.24) is 0 Å². The third kappa shape index (κ3) is 6.34. The Balaban J connectivity index is 2.06. The zero-order valence-electron chi connectivity index (χ0n) is 26.1. The number of aliphatic imine (C=N–C) groups is 1. The van der Waals surface area contributed by atoms with Crippen molar-refractivity contribution in [3.63, 3.8) is 0 Å². The molecular formula is C29H55N3O12. The Kier molecular flexibility index (Phi) is 13.1. The quantitative estimate of drug-likeness (QED) is 0.0890. The summed E-state index contributed by atoms with van der Waals surface area (Å²) in [5.41, 5.74) is 10.1. The maximum atomic E-state index is 12.1. The number of hydrogen-bond acceptors (Lipinski definition) is 15. The van der Waals surface area contributed by atoms with E-state index in [2.05, 4.69) is 11.7 Å². The summed E-state index contributed by atoms with van der Waals surface area (Å²) >= 11 is 0. The van der Waals surface area contributed by atoms with Crippen LogP contribution in [0.5, 0.6) is 0 Å². The van der Waals surface area contributed by atoms with Crippen LogP contribution in [-0.2, 0) is 18.9 Å². The normalized spacial score (nSPS) is 44.0. The van der Waals surface area contributed by atoms with E-state index in [0.717, 1.165) is 0 Å². The third-order valence-corrected chi connectivity index (χ3v) is 10.7. The van der Waals surface area contributed by atoms with Crippen LogP contribution in [0.3, 0.4) is 0 Å². The fourth-order valence-electron chi connectivity index (χ4n) is 7.84. The molecule has 0 radical (unpaired) electrons. The van der Waals surface area contributed by atoms with Gasteiger partial charge in [-0.1, -0.05) is 27.7 Å². The minimum Gasteiger partial charge on any atom is -0.394 e. The number of rotatable bonds is 13. The molecule has 15 nitrogen and oxygen atoms in total. The molecule has 3 aliphatic heterocycles. The van der Waals surface area contributed by atoms with Crippen molar-refractivity contribution in [3.8, 4) is 0 Å². The zero-order valence-corrected chi connectivity index (χ0v) is 26.1. The molecule has 0 bridgehead atoms. The highest BCUT2D eigenvalue weighted by atomic mass is 16.6. The molecule has 0 aromatic rings. The molecule has 0 spiro atoms. The highest BCUT2D eigenvalue weighted by molar-refractivity contribution is 5.26. The number of nitrogens with two attached hydrogens (primary N) is 2. The molecule has 3 aliphatic rings. The third-order valence-electron chi connectivity index (χ3n) is 10.7. The minimum atomic E-state index is -1.52. The Bertz CT molecular complexity index is 907. The predicted molar refractivity (Wildman–Crippen MR) is 157 cm³/mol. The Morgan fingerprint density at radius 3 is 1.70 bits per heavy atom. The van der Waals surface area contributed by atoms with E-state index in [-0.39, 0.29) is 12.8 Å². The van der Waals surface area contributed by atoms with Crippen LogP contribution in [-0.4, -0.2) is 158 Å². The Labute approximate surface area is 258 Å². The second kappa shape index (κ2) is 15.3. The summed E-state index contributed by atoms with van der Waals surface area (Å²) in [5.74, 6) is -0.865. The number of nitrogens with zero attached hydrogens (tertiary/aromatic N) is 1. The summed E-state index contributed by atoms with van der Waals surface area (Å²) in [6.45, 7) is 9.40. The molecule has 0 aromatic carbocycles. The SMILES string of the molecule is C=NC1C(O)C(C(CC)(CC)C2OC(CO)C(O)C(O)C2N)C(CO)OC1C(CC)(CC)OC1C(CO)OC(O)C(N)C1O. The predicted octanol–water partition coefficient (Wildman–Crippen LogP) is -3.25. The van der Waals surface area contributed by atoms with Crippen LogP contribution in [0.25, 0.3) is 0 Å². The maximum absolute atomic E-state index is 12.1. The Hall–Kier alpha value is -0.890. The van der Waals surface area contributed by atoms with Crippen LogP contribution >= 0.6 is 0 Å². The van der Waals surface area contributed by atoms with Crippen molar-refractivity contribution >= 4 is 6.72 Å². The van der Waals surface area contributed by atoms with Crippen molar-refractivity contribution in [3.05, 3.63) is 0 Å². The summed E-state index contributed by atoms with van der Waals surface area (Å²) in [4.78, 5) is 4.28. The maximum Gasteiger partial charge on any atom is 0.173 e. The summed E-state index contributed by atoms with van der Waals surface area (Å²) < 4.78 is 24.7. The molecule has 0 aromatic heterocycles. The summed E-state index contributed by atoms with van der Waals surface area (Å²) in [6.07, 6.45) is -12.3. The van der Waals surface area contributed by atoms with Gasteiger partial charge in [-0.2, -0.15) is 0 Å². The number of aliphatic hydroxyl groups excluding tert-OH is 8. The molecule has 0 amide bonds. The van der Waals surface area contributed by atoms with E-state index in [0.29, 0.717) is 12.8 Å². The van der Waals surface area contributed by atoms with Gasteiger partial charge in [0.25, 0.3) is 0 Å². The summed E-state index contributed by atoms with van der Waals surface area (Å²) in [6, 6.07) is -3.35. The van der Waals surface area contributed by atoms with Crippen molar-refractivity contribution in [2.45, 2.75) is 144 Å². The molecule has 3 fully saturated rings. The van der Waals surface area contributed by atoms with Crippen LogP contribution in [0.4, 0.5) is 0 Å². The molecule has 258 valence electrons. The van der Waals surface area contributed by atoms with Gasteiger partial charge >= 0.3 is 0 Å². The highest BCUT2D eigenvalue weighted by Crippen LogP contribution is 2.52. The van der Waals surface area contributed by atoms with Gasteiger partial charge in [0.2, 0.25) is 0 Å². The molecule has 12 N–H and O–H groups in total. The molecule has 15 heteroatoms. The second-order valence-electron chi connectivity index (χ2n) is 12.4. The lowest BCUT2D eigenvalue weighted by Crippen LogP contribution is -2.72. The fourth-order valence-corrected chi connectivity index (χ4v) is 7.84. The first-order chi connectivity index (χ1) is 20.8. The largest absolute Gasteiger partial charge is 0.394 e. The topological polar surface area (TPSA) is 263 Å². The van der Waals surface area contributed by atoms with Crippen LogP contribution in [0, 0.1) is 11.3 Å². The summed E-state index contributed by atoms with van der Waals surface area (Å²) in [7, 11) is 0. The molecule has 3 rings (SSSR count). The van der Waals surface area contributed by atoms with Gasteiger partial charge in [0.05, 0.1) is 55.8 Å². The smallest absolute Gasteiger partial charge is 0.173 e. The lowest BCUT2D eigenvalue weighted by Gasteiger charge is -2.59. The van der Waals surface area contributed by atoms with Crippen molar-refractivity contribution in [2.75, 3.05) is 19.8 Å². The zero-order chi connectivity index (χ0) is 33.1. The number of aliphatic hydroxyl groups is 8. The van der Waals surface area contributed by atoms with Gasteiger partial charge < -0.3 is 71.3 Å². The van der Waals surface area contributed by atoms with Crippen molar-refractivity contribution < 1.29 is 59.8 Å². The van der Waals surface area contributed by atoms with Gasteiger partial charge in [0.15, 0.2) is 6.29 Å². The standard InChI is InChI=1S/C29H55N3O12/c1-6-28(7-2,25-17(30)22(38)20(36)14(11-34)42-25)16-13(10-33)41-26(19(32-5)21(16)37)29(8-3,9-4)44-24-15(12-35)43-27(40)18(31)23(24)39/h13-27,33-40H,5-12,30-31H2,1-4H3. The van der Waals surface area contributed by atoms with Crippen LogP contribution in [0.15, 0.2) is 4.99 Å². The molecule has 3 saturated heterocycles. The first-order valence-electron chi connectivity index (χ1n) is 15.7. The Morgan fingerprint density at radius 1 is 0.682 bits per heavy atom. The van der Waals surface area contributed by atoms with E-state index in [1.807, 2.05) is 27.7 Å². The average molecular weight is 638 g/mol. The molecule has 0 saturated carbocycles. The van der Waals surface area contributed by atoms with Crippen LogP contribution in [0.2, 0.25) is 0 Å². The molecule has 15 unspecified atom stereocenters. The van der Waals surface area contributed by atoms with E-state index in [1.54, 1.807) is 0 Å². The van der Waals surface area contributed by atoms with Crippen molar-refractivity contribution in [1.29, 1.82) is 0 Å². The van der Waals surface area contributed by atoms with Gasteiger partial charge in [-0.3, -0.25) is 4.99 Å². The van der Waals surface area contributed by atoms with Crippen LogP contribution < -0.4 is 11.5 Å².